The minimum Gasteiger partial charge on any atom is -0.361 e. The lowest BCUT2D eigenvalue weighted by atomic mass is 10.1. The molecule has 4 nitrogen and oxygen atoms in total. The number of carbonyl (C=O) groups is 1. The molecule has 108 valence electrons. The number of aromatic nitrogens is 1. The number of hydrogen-bond donors (Lipinski definition) is 3. The van der Waals surface area contributed by atoms with Crippen molar-refractivity contribution in [1.82, 2.24) is 10.3 Å². The van der Waals surface area contributed by atoms with Crippen molar-refractivity contribution >= 4 is 34.9 Å². The van der Waals surface area contributed by atoms with E-state index in [0.717, 1.165) is 10.9 Å². The second-order valence-electron chi connectivity index (χ2n) is 4.76. The average molecular weight is 302 g/mol. The van der Waals surface area contributed by atoms with Crippen LogP contribution in [0, 0.1) is 0 Å². The fraction of sp³-hybridized carbons (Fsp3) is 0.308. The molecule has 3 rings (SSSR count). The van der Waals surface area contributed by atoms with Crippen LogP contribution in [0.15, 0.2) is 30.5 Å². The second kappa shape index (κ2) is 5.38. The third-order valence-corrected chi connectivity index (χ3v) is 3.25. The van der Waals surface area contributed by atoms with E-state index in [1.54, 1.807) is 18.3 Å². The van der Waals surface area contributed by atoms with Crippen molar-refractivity contribution < 1.29 is 13.6 Å². The molecule has 1 unspecified atom stereocenters. The number of H-pyrrole nitrogens is 1. The fourth-order valence-electron chi connectivity index (χ4n) is 2.26. The Labute approximate surface area is 120 Å². The van der Waals surface area contributed by atoms with E-state index in [9.17, 15) is 13.6 Å². The van der Waals surface area contributed by atoms with Gasteiger partial charge in [0, 0.05) is 29.2 Å². The van der Waals surface area contributed by atoms with Gasteiger partial charge in [0.25, 0.3) is 5.92 Å². The summed E-state index contributed by atoms with van der Waals surface area (Å²) in [5, 5.41) is 6.15. The number of amides is 1. The zero-order valence-electron chi connectivity index (χ0n) is 10.5. The first-order chi connectivity index (χ1) is 9.03. The summed E-state index contributed by atoms with van der Waals surface area (Å²) in [6.45, 7) is -0.443. The second-order valence-corrected chi connectivity index (χ2v) is 4.76. The molecule has 1 aromatic carbocycles. The molecule has 1 amide bonds. The van der Waals surface area contributed by atoms with Crippen LogP contribution < -0.4 is 10.6 Å². The fourth-order valence-corrected chi connectivity index (χ4v) is 2.26. The van der Waals surface area contributed by atoms with Gasteiger partial charge < -0.3 is 10.3 Å². The van der Waals surface area contributed by atoms with Gasteiger partial charge in [-0.1, -0.05) is 0 Å². The highest BCUT2D eigenvalue weighted by molar-refractivity contribution is 5.97. The molecule has 2 aromatic rings. The van der Waals surface area contributed by atoms with Gasteiger partial charge in [0.15, 0.2) is 0 Å². The maximum atomic E-state index is 13.0. The number of halogens is 3. The average Bonchev–Trinajstić information content (AvgIpc) is 2.94. The number of fused-ring (bicyclic) bond motifs is 1. The Bertz CT molecular complexity index is 629. The lowest BCUT2D eigenvalue weighted by molar-refractivity contribution is -0.118. The monoisotopic (exact) mass is 301 g/mol. The van der Waals surface area contributed by atoms with Crippen molar-refractivity contribution in [2.45, 2.75) is 18.4 Å². The van der Waals surface area contributed by atoms with Crippen molar-refractivity contribution in [3.05, 3.63) is 30.5 Å². The molecule has 1 atom stereocenters. The van der Waals surface area contributed by atoms with Crippen LogP contribution in [0.3, 0.4) is 0 Å². The lowest BCUT2D eigenvalue weighted by Gasteiger charge is -2.11. The molecule has 20 heavy (non-hydrogen) atoms. The third kappa shape index (κ3) is 2.91. The standard InChI is InChI=1S/C13H13F2N3O.ClH/c14-13(15)6-11(17-7-13)12(19)18-9-1-2-10-8(5-9)3-4-16-10;/h1-5,11,16-17H,6-7H2,(H,18,19);1H. The van der Waals surface area contributed by atoms with Crippen LogP contribution in [-0.2, 0) is 4.79 Å². The van der Waals surface area contributed by atoms with E-state index in [1.165, 1.54) is 0 Å². The summed E-state index contributed by atoms with van der Waals surface area (Å²) >= 11 is 0. The van der Waals surface area contributed by atoms with Crippen molar-refractivity contribution in [2.24, 2.45) is 0 Å². The summed E-state index contributed by atoms with van der Waals surface area (Å²) in [7, 11) is 0. The van der Waals surface area contributed by atoms with Crippen LogP contribution in [-0.4, -0.2) is 29.4 Å². The molecule has 1 aliphatic heterocycles. The lowest BCUT2D eigenvalue weighted by Crippen LogP contribution is -2.35. The Kier molecular flexibility index (Phi) is 3.96. The number of rotatable bonds is 2. The van der Waals surface area contributed by atoms with Gasteiger partial charge in [-0.25, -0.2) is 8.78 Å². The quantitative estimate of drug-likeness (QED) is 0.798. The van der Waals surface area contributed by atoms with Gasteiger partial charge in [-0.05, 0) is 24.3 Å². The molecule has 0 radical (unpaired) electrons. The molecular weight excluding hydrogens is 288 g/mol. The summed E-state index contributed by atoms with van der Waals surface area (Å²) in [5.41, 5.74) is 1.57. The minimum absolute atomic E-state index is 0. The Morgan fingerprint density at radius 2 is 2.15 bits per heavy atom. The molecule has 0 saturated carbocycles. The van der Waals surface area contributed by atoms with E-state index < -0.39 is 30.8 Å². The summed E-state index contributed by atoms with van der Waals surface area (Å²) in [6, 6.07) is 6.42. The number of nitrogens with one attached hydrogen (secondary N) is 3. The van der Waals surface area contributed by atoms with Gasteiger partial charge in [-0.3, -0.25) is 10.1 Å². The predicted molar refractivity (Wildman–Crippen MR) is 75.5 cm³/mol. The van der Waals surface area contributed by atoms with E-state index in [-0.39, 0.29) is 12.4 Å². The maximum absolute atomic E-state index is 13.0. The first-order valence-corrected chi connectivity index (χ1v) is 6.03. The molecule has 2 heterocycles. The number of alkyl halides is 2. The summed E-state index contributed by atoms with van der Waals surface area (Å²) in [5.74, 6) is -3.22. The summed E-state index contributed by atoms with van der Waals surface area (Å²) < 4.78 is 26.0. The molecule has 3 N–H and O–H groups in total. The van der Waals surface area contributed by atoms with E-state index in [0.29, 0.717) is 5.69 Å². The first kappa shape index (κ1) is 14.7. The highest BCUT2D eigenvalue weighted by Crippen LogP contribution is 2.26. The van der Waals surface area contributed by atoms with Crippen LogP contribution in [0.2, 0.25) is 0 Å². The molecule has 0 bridgehead atoms. The van der Waals surface area contributed by atoms with E-state index in [1.807, 2.05) is 12.1 Å². The zero-order valence-corrected chi connectivity index (χ0v) is 11.3. The Morgan fingerprint density at radius 3 is 2.85 bits per heavy atom. The van der Waals surface area contributed by atoms with E-state index in [4.69, 9.17) is 0 Å². The number of aromatic amines is 1. The van der Waals surface area contributed by atoms with Gasteiger partial charge >= 0.3 is 0 Å². The molecule has 0 aliphatic carbocycles. The highest BCUT2D eigenvalue weighted by Gasteiger charge is 2.42. The smallest absolute Gasteiger partial charge is 0.262 e. The summed E-state index contributed by atoms with van der Waals surface area (Å²) in [6.07, 6.45) is 1.35. The number of hydrogen-bond acceptors (Lipinski definition) is 2. The molecule has 7 heteroatoms. The van der Waals surface area contributed by atoms with Gasteiger partial charge in [0.1, 0.15) is 0 Å². The van der Waals surface area contributed by atoms with Gasteiger partial charge in [0.2, 0.25) is 5.91 Å². The van der Waals surface area contributed by atoms with Gasteiger partial charge in [-0.2, -0.15) is 0 Å². The summed E-state index contributed by atoms with van der Waals surface area (Å²) in [4.78, 5) is 14.9. The molecule has 1 aromatic heterocycles. The topological polar surface area (TPSA) is 56.9 Å². The van der Waals surface area contributed by atoms with Crippen LogP contribution in [0.4, 0.5) is 14.5 Å². The Hall–Kier alpha value is -1.66. The van der Waals surface area contributed by atoms with Crippen LogP contribution in [0.25, 0.3) is 10.9 Å². The molecule has 1 fully saturated rings. The van der Waals surface area contributed by atoms with Gasteiger partial charge in [-0.15, -0.1) is 12.4 Å². The van der Waals surface area contributed by atoms with Crippen LogP contribution >= 0.6 is 12.4 Å². The number of carbonyl (C=O) groups excluding carboxylic acids is 1. The SMILES string of the molecule is Cl.O=C(Nc1ccc2[nH]ccc2c1)C1CC(F)(F)CN1. The maximum Gasteiger partial charge on any atom is 0.262 e. The van der Waals surface area contributed by atoms with Crippen LogP contribution in [0.1, 0.15) is 6.42 Å². The minimum atomic E-state index is -2.80. The Morgan fingerprint density at radius 1 is 1.35 bits per heavy atom. The predicted octanol–water partition coefficient (Wildman–Crippen LogP) is 2.53. The normalized spacial score (nSPS) is 20.6. The largest absolute Gasteiger partial charge is 0.361 e. The Balaban J connectivity index is 0.00000147. The van der Waals surface area contributed by atoms with Gasteiger partial charge in [0.05, 0.1) is 12.6 Å². The van der Waals surface area contributed by atoms with Crippen molar-refractivity contribution in [1.29, 1.82) is 0 Å². The number of anilines is 1. The zero-order chi connectivity index (χ0) is 13.5. The van der Waals surface area contributed by atoms with E-state index in [2.05, 4.69) is 15.6 Å². The molecule has 1 saturated heterocycles. The third-order valence-electron chi connectivity index (χ3n) is 3.25. The highest BCUT2D eigenvalue weighted by atomic mass is 35.5. The molecular formula is C13H14ClF2N3O. The van der Waals surface area contributed by atoms with Crippen molar-refractivity contribution in [2.75, 3.05) is 11.9 Å². The number of benzene rings is 1. The van der Waals surface area contributed by atoms with Crippen LogP contribution in [0.5, 0.6) is 0 Å². The first-order valence-electron chi connectivity index (χ1n) is 6.03. The molecule has 1 aliphatic rings. The van der Waals surface area contributed by atoms with Crippen molar-refractivity contribution in [3.63, 3.8) is 0 Å². The van der Waals surface area contributed by atoms with Crippen molar-refractivity contribution in [3.8, 4) is 0 Å². The molecule has 0 spiro atoms. The van der Waals surface area contributed by atoms with E-state index >= 15 is 0 Å².